The van der Waals surface area contributed by atoms with E-state index < -0.39 is 0 Å². The van der Waals surface area contributed by atoms with Crippen LogP contribution in [-0.2, 0) is 4.74 Å². The fourth-order valence-corrected chi connectivity index (χ4v) is 3.69. The number of nitrogens with one attached hydrogen (secondary N) is 1. The number of thioether (sulfide) groups is 1. The molecule has 0 radical (unpaired) electrons. The van der Waals surface area contributed by atoms with E-state index in [9.17, 15) is 0 Å². The SMILES string of the molecule is CCO[C@H](C)C1NCN=C(C2CCCC2)S1. The van der Waals surface area contributed by atoms with Crippen LogP contribution in [0.3, 0.4) is 0 Å². The van der Waals surface area contributed by atoms with Gasteiger partial charge in [0.1, 0.15) is 0 Å². The first-order chi connectivity index (χ1) is 7.81. The van der Waals surface area contributed by atoms with Gasteiger partial charge in [0.15, 0.2) is 0 Å². The van der Waals surface area contributed by atoms with Crippen molar-refractivity contribution in [3.63, 3.8) is 0 Å². The van der Waals surface area contributed by atoms with Crippen LogP contribution in [0.2, 0.25) is 0 Å². The predicted molar refractivity (Wildman–Crippen MR) is 69.9 cm³/mol. The van der Waals surface area contributed by atoms with Gasteiger partial charge in [-0.15, -0.1) is 0 Å². The molecule has 0 bridgehead atoms. The summed E-state index contributed by atoms with van der Waals surface area (Å²) in [4.78, 5) is 4.62. The Morgan fingerprint density at radius 2 is 2.25 bits per heavy atom. The summed E-state index contributed by atoms with van der Waals surface area (Å²) in [5.41, 5.74) is 0. The lowest BCUT2D eigenvalue weighted by Gasteiger charge is -2.29. The zero-order chi connectivity index (χ0) is 11.4. The molecule has 0 aromatic carbocycles. The minimum absolute atomic E-state index is 0.266. The lowest BCUT2D eigenvalue weighted by molar-refractivity contribution is 0.0686. The molecule has 0 aromatic heterocycles. The Labute approximate surface area is 102 Å². The summed E-state index contributed by atoms with van der Waals surface area (Å²) >= 11 is 1.89. The molecule has 0 aromatic rings. The third kappa shape index (κ3) is 2.99. The largest absolute Gasteiger partial charge is 0.376 e. The Balaban J connectivity index is 1.89. The molecule has 1 fully saturated rings. The molecule has 0 amide bonds. The second kappa shape index (κ2) is 6.03. The van der Waals surface area contributed by atoms with Crippen molar-refractivity contribution in [3.8, 4) is 0 Å². The first-order valence-corrected chi connectivity index (χ1v) is 7.25. The maximum absolute atomic E-state index is 5.65. The first kappa shape index (κ1) is 12.4. The smallest absolute Gasteiger partial charge is 0.0903 e. The molecule has 1 unspecified atom stereocenters. The summed E-state index contributed by atoms with van der Waals surface area (Å²) < 4.78 is 5.65. The van der Waals surface area contributed by atoms with E-state index in [1.807, 2.05) is 11.8 Å². The van der Waals surface area contributed by atoms with E-state index in [2.05, 4.69) is 24.2 Å². The molecule has 0 saturated heterocycles. The summed E-state index contributed by atoms with van der Waals surface area (Å²) in [6.07, 6.45) is 5.69. The zero-order valence-electron chi connectivity index (χ0n) is 10.2. The highest BCUT2D eigenvalue weighted by atomic mass is 32.2. The molecule has 3 nitrogen and oxygen atoms in total. The fraction of sp³-hybridized carbons (Fsp3) is 0.917. The van der Waals surface area contributed by atoms with Crippen LogP contribution in [0.25, 0.3) is 0 Å². The van der Waals surface area contributed by atoms with Crippen molar-refractivity contribution in [2.24, 2.45) is 10.9 Å². The molecule has 1 aliphatic heterocycles. The Morgan fingerprint density at radius 3 is 2.94 bits per heavy atom. The van der Waals surface area contributed by atoms with Crippen LogP contribution >= 0.6 is 11.8 Å². The Hall–Kier alpha value is -0.0600. The summed E-state index contributed by atoms with van der Waals surface area (Å²) in [7, 11) is 0. The molecule has 1 saturated carbocycles. The van der Waals surface area contributed by atoms with E-state index in [0.717, 1.165) is 19.2 Å². The summed E-state index contributed by atoms with van der Waals surface area (Å²) in [6, 6.07) is 0. The van der Waals surface area contributed by atoms with Gasteiger partial charge in [0.2, 0.25) is 0 Å². The molecule has 4 heteroatoms. The average molecular weight is 242 g/mol. The fourth-order valence-electron chi connectivity index (χ4n) is 2.43. The van der Waals surface area contributed by atoms with E-state index in [0.29, 0.717) is 5.37 Å². The Morgan fingerprint density at radius 1 is 1.50 bits per heavy atom. The summed E-state index contributed by atoms with van der Waals surface area (Å²) in [6.45, 7) is 5.75. The number of aliphatic imine (C=N–C) groups is 1. The summed E-state index contributed by atoms with van der Waals surface area (Å²) in [5.74, 6) is 0.739. The molecule has 1 heterocycles. The van der Waals surface area contributed by atoms with Crippen LogP contribution in [0.5, 0.6) is 0 Å². The van der Waals surface area contributed by atoms with E-state index in [4.69, 9.17) is 4.74 Å². The second-order valence-electron chi connectivity index (χ2n) is 4.54. The molecule has 2 atom stereocenters. The highest BCUT2D eigenvalue weighted by molar-refractivity contribution is 8.14. The van der Waals surface area contributed by atoms with Crippen LogP contribution in [0.15, 0.2) is 4.99 Å². The van der Waals surface area contributed by atoms with E-state index in [1.165, 1.54) is 30.7 Å². The van der Waals surface area contributed by atoms with Crippen LogP contribution in [0.1, 0.15) is 39.5 Å². The van der Waals surface area contributed by atoms with E-state index in [1.54, 1.807) is 0 Å². The normalized spacial score (nSPS) is 29.1. The predicted octanol–water partition coefficient (Wildman–Crippen LogP) is 2.62. The molecule has 2 aliphatic rings. The third-order valence-electron chi connectivity index (χ3n) is 3.34. The van der Waals surface area contributed by atoms with Gasteiger partial charge in [0.05, 0.1) is 23.2 Å². The van der Waals surface area contributed by atoms with Crippen molar-refractivity contribution < 1.29 is 4.74 Å². The molecular weight excluding hydrogens is 220 g/mol. The Bertz CT molecular complexity index is 251. The maximum Gasteiger partial charge on any atom is 0.0903 e. The molecule has 1 aliphatic carbocycles. The van der Waals surface area contributed by atoms with E-state index in [-0.39, 0.29) is 6.10 Å². The van der Waals surface area contributed by atoms with Gasteiger partial charge >= 0.3 is 0 Å². The van der Waals surface area contributed by atoms with Gasteiger partial charge in [-0.2, -0.15) is 0 Å². The van der Waals surface area contributed by atoms with Gasteiger partial charge in [0, 0.05) is 12.5 Å². The molecule has 16 heavy (non-hydrogen) atoms. The van der Waals surface area contributed by atoms with Crippen molar-refractivity contribution in [3.05, 3.63) is 0 Å². The molecule has 92 valence electrons. The van der Waals surface area contributed by atoms with Gasteiger partial charge in [0.25, 0.3) is 0 Å². The van der Waals surface area contributed by atoms with Gasteiger partial charge in [-0.25, -0.2) is 0 Å². The third-order valence-corrected chi connectivity index (χ3v) is 4.84. The van der Waals surface area contributed by atoms with Gasteiger partial charge in [-0.05, 0) is 26.7 Å². The second-order valence-corrected chi connectivity index (χ2v) is 5.70. The lowest BCUT2D eigenvalue weighted by atomic mass is 10.1. The number of ether oxygens (including phenoxy) is 1. The average Bonchev–Trinajstić information content (AvgIpc) is 2.83. The number of hydrogen-bond acceptors (Lipinski definition) is 4. The van der Waals surface area contributed by atoms with Crippen molar-refractivity contribution >= 4 is 16.8 Å². The molecule has 2 rings (SSSR count). The minimum atomic E-state index is 0.266. The van der Waals surface area contributed by atoms with Crippen LogP contribution in [-0.4, -0.2) is 29.8 Å². The lowest BCUT2D eigenvalue weighted by Crippen LogP contribution is -2.41. The van der Waals surface area contributed by atoms with Gasteiger partial charge < -0.3 is 4.74 Å². The monoisotopic (exact) mass is 242 g/mol. The first-order valence-electron chi connectivity index (χ1n) is 6.37. The number of hydrogen-bond donors (Lipinski definition) is 1. The number of rotatable bonds is 4. The molecule has 1 N–H and O–H groups in total. The maximum atomic E-state index is 5.65. The standard InChI is InChI=1S/C12H22N2OS/c1-3-15-9(2)11-13-8-14-12(16-11)10-6-4-5-7-10/h9-11,13H,3-8H2,1-2H3/t9-,11?/m1/s1. The quantitative estimate of drug-likeness (QED) is 0.823. The van der Waals surface area contributed by atoms with Crippen LogP contribution < -0.4 is 5.32 Å². The Kier molecular flexibility index (Phi) is 4.67. The van der Waals surface area contributed by atoms with Crippen molar-refractivity contribution in [2.75, 3.05) is 13.3 Å². The minimum Gasteiger partial charge on any atom is -0.376 e. The van der Waals surface area contributed by atoms with Crippen LogP contribution in [0.4, 0.5) is 0 Å². The topological polar surface area (TPSA) is 33.6 Å². The highest BCUT2D eigenvalue weighted by Gasteiger charge is 2.28. The summed E-state index contributed by atoms with van der Waals surface area (Å²) in [5, 5.41) is 5.16. The zero-order valence-corrected chi connectivity index (χ0v) is 11.1. The molecule has 0 spiro atoms. The number of nitrogens with zero attached hydrogens (tertiary/aromatic N) is 1. The van der Waals surface area contributed by atoms with Crippen molar-refractivity contribution in [1.29, 1.82) is 0 Å². The van der Waals surface area contributed by atoms with Crippen molar-refractivity contribution in [1.82, 2.24) is 5.32 Å². The molecular formula is C12H22N2OS. The van der Waals surface area contributed by atoms with Gasteiger partial charge in [-0.1, -0.05) is 24.6 Å². The van der Waals surface area contributed by atoms with Gasteiger partial charge in [-0.3, -0.25) is 10.3 Å². The van der Waals surface area contributed by atoms with E-state index >= 15 is 0 Å². The van der Waals surface area contributed by atoms with Crippen LogP contribution in [0, 0.1) is 5.92 Å². The van der Waals surface area contributed by atoms with Crippen molar-refractivity contribution in [2.45, 2.75) is 51.0 Å². The highest BCUT2D eigenvalue weighted by Crippen LogP contribution is 2.33.